The minimum atomic E-state index is -1.58. The molecule has 2 aromatic rings. The minimum Gasteiger partial charge on any atom is -0.481 e. The van der Waals surface area contributed by atoms with Gasteiger partial charge in [0.2, 0.25) is 0 Å². The molecule has 0 aliphatic heterocycles. The number of hydrogen-bond acceptors (Lipinski definition) is 12. The van der Waals surface area contributed by atoms with Crippen molar-refractivity contribution >= 4 is 59.7 Å². The second-order valence-corrected chi connectivity index (χ2v) is 13.9. The summed E-state index contributed by atoms with van der Waals surface area (Å²) in [6.07, 6.45) is 0.420. The Labute approximate surface area is 357 Å². The number of benzene rings is 1. The van der Waals surface area contributed by atoms with Crippen LogP contribution in [-0.4, -0.2) is 149 Å². The number of rotatable bonds is 30. The van der Waals surface area contributed by atoms with Gasteiger partial charge in [-0.1, -0.05) is 5.21 Å². The van der Waals surface area contributed by atoms with Crippen molar-refractivity contribution in [3.05, 3.63) is 41.2 Å². The smallest absolute Gasteiger partial charge is 0.326 e. The third kappa shape index (κ3) is 19.7. The van der Waals surface area contributed by atoms with Crippen molar-refractivity contribution in [1.29, 1.82) is 0 Å². The molecule has 346 valence electrons. The Bertz CT molecular complexity index is 1850. The molecule has 2 rings (SSSR count). The molecule has 0 radical (unpaired) electrons. The fourth-order valence-corrected chi connectivity index (χ4v) is 5.63. The SMILES string of the molecule is O=C(O)CC[C@@H](NC(=O)N[C@@H](CCCCNC(=O)c1cc(C(=O)NCCCC[C@@H](NC(=O)N[C@H](CCC(=O)O)C(=O)O)C(=O)O)cc(-n2cc(CCCF)nn2)c1)C(=O)O)C(=O)O. The zero-order valence-corrected chi connectivity index (χ0v) is 33.7. The van der Waals surface area contributed by atoms with E-state index in [1.807, 2.05) is 10.6 Å². The monoisotopic (exact) mass is 895 g/mol. The summed E-state index contributed by atoms with van der Waals surface area (Å²) in [5.74, 6) is -9.76. The summed E-state index contributed by atoms with van der Waals surface area (Å²) in [5, 5.41) is 76.7. The third-order valence-corrected chi connectivity index (χ3v) is 8.93. The van der Waals surface area contributed by atoms with Crippen LogP contribution in [0.2, 0.25) is 0 Å². The molecule has 25 nitrogen and oxygen atoms in total. The number of carboxylic acid groups (broad SMARTS) is 6. The molecule has 12 N–H and O–H groups in total. The molecule has 26 heteroatoms. The summed E-state index contributed by atoms with van der Waals surface area (Å²) < 4.78 is 14.0. The predicted octanol–water partition coefficient (Wildman–Crippen LogP) is 0.110. The zero-order valence-electron chi connectivity index (χ0n) is 33.7. The van der Waals surface area contributed by atoms with Gasteiger partial charge in [0.25, 0.3) is 11.8 Å². The molecule has 6 amide bonds. The lowest BCUT2D eigenvalue weighted by Gasteiger charge is -2.18. The number of unbranched alkanes of at least 4 members (excludes halogenated alkanes) is 2. The number of urea groups is 2. The van der Waals surface area contributed by atoms with Crippen molar-refractivity contribution < 1.29 is 83.0 Å². The van der Waals surface area contributed by atoms with E-state index in [1.165, 1.54) is 29.1 Å². The fraction of sp³-hybridized carbons (Fsp3) is 0.514. The lowest BCUT2D eigenvalue weighted by atomic mass is 10.1. The number of halogens is 1. The first kappa shape index (κ1) is 51.7. The molecule has 63 heavy (non-hydrogen) atoms. The number of hydrogen-bond donors (Lipinski definition) is 12. The number of nitrogens with one attached hydrogen (secondary N) is 6. The van der Waals surface area contributed by atoms with Crippen LogP contribution in [-0.2, 0) is 35.2 Å². The van der Waals surface area contributed by atoms with Gasteiger partial charge in [-0.25, -0.2) is 33.4 Å². The van der Waals surface area contributed by atoms with Gasteiger partial charge in [-0.15, -0.1) is 5.10 Å². The molecule has 1 aromatic heterocycles. The van der Waals surface area contributed by atoms with E-state index in [0.717, 1.165) is 0 Å². The highest BCUT2D eigenvalue weighted by atomic mass is 19.1. The Morgan fingerprint density at radius 2 is 0.952 bits per heavy atom. The van der Waals surface area contributed by atoms with E-state index in [1.54, 1.807) is 0 Å². The maximum absolute atomic E-state index is 13.3. The number of carbonyl (C=O) groups is 10. The Hall–Kier alpha value is -7.41. The van der Waals surface area contributed by atoms with Crippen LogP contribution in [0, 0.1) is 0 Å². The minimum absolute atomic E-state index is 0.00200. The van der Waals surface area contributed by atoms with Crippen LogP contribution >= 0.6 is 0 Å². The van der Waals surface area contributed by atoms with Crippen molar-refractivity contribution in [3.8, 4) is 5.69 Å². The van der Waals surface area contributed by atoms with Crippen molar-refractivity contribution in [2.24, 2.45) is 0 Å². The Balaban J connectivity index is 2.04. The first-order valence-corrected chi connectivity index (χ1v) is 19.5. The van der Waals surface area contributed by atoms with Crippen LogP contribution in [0.3, 0.4) is 0 Å². The summed E-state index contributed by atoms with van der Waals surface area (Å²) in [6, 6.07) is -4.25. The second-order valence-electron chi connectivity index (χ2n) is 13.9. The van der Waals surface area contributed by atoms with Crippen molar-refractivity contribution in [3.63, 3.8) is 0 Å². The van der Waals surface area contributed by atoms with Gasteiger partial charge in [0.05, 0.1) is 24.3 Å². The van der Waals surface area contributed by atoms with Crippen LogP contribution in [0.1, 0.15) is 97.0 Å². The molecule has 1 aromatic carbocycles. The highest BCUT2D eigenvalue weighted by Gasteiger charge is 2.26. The molecule has 0 aliphatic carbocycles. The number of nitrogens with zero attached hydrogens (tertiary/aromatic N) is 3. The van der Waals surface area contributed by atoms with E-state index in [9.17, 15) is 72.8 Å². The van der Waals surface area contributed by atoms with E-state index < -0.39 is 116 Å². The van der Waals surface area contributed by atoms with Gasteiger partial charge in [-0.3, -0.25) is 23.6 Å². The van der Waals surface area contributed by atoms with Gasteiger partial charge in [-0.05, 0) is 82.4 Å². The maximum Gasteiger partial charge on any atom is 0.326 e. The van der Waals surface area contributed by atoms with Crippen LogP contribution in [0.25, 0.3) is 5.69 Å². The van der Waals surface area contributed by atoms with E-state index in [-0.39, 0.29) is 81.3 Å². The van der Waals surface area contributed by atoms with E-state index >= 15 is 0 Å². The lowest BCUT2D eigenvalue weighted by molar-refractivity contribution is -0.142. The van der Waals surface area contributed by atoms with Crippen LogP contribution in [0.4, 0.5) is 14.0 Å². The van der Waals surface area contributed by atoms with E-state index in [2.05, 4.69) is 31.6 Å². The number of aryl methyl sites for hydroxylation is 1. The highest BCUT2D eigenvalue weighted by molar-refractivity contribution is 6.00. The topological polar surface area (TPSA) is 395 Å². The summed E-state index contributed by atoms with van der Waals surface area (Å²) in [5.41, 5.74) is 0.664. The number of amides is 6. The summed E-state index contributed by atoms with van der Waals surface area (Å²) in [6.45, 7) is -0.575. The summed E-state index contributed by atoms with van der Waals surface area (Å²) in [7, 11) is 0. The molecule has 0 saturated heterocycles. The van der Waals surface area contributed by atoms with Gasteiger partial charge in [-0.2, -0.15) is 0 Å². The highest BCUT2D eigenvalue weighted by Crippen LogP contribution is 2.16. The van der Waals surface area contributed by atoms with Crippen molar-refractivity contribution in [2.45, 2.75) is 101 Å². The molecule has 0 bridgehead atoms. The molecule has 0 saturated carbocycles. The Morgan fingerprint density at radius 1 is 0.556 bits per heavy atom. The number of aromatic nitrogens is 3. The summed E-state index contributed by atoms with van der Waals surface area (Å²) in [4.78, 5) is 119. The predicted molar refractivity (Wildman–Crippen MR) is 211 cm³/mol. The van der Waals surface area contributed by atoms with Gasteiger partial charge >= 0.3 is 47.9 Å². The quantitative estimate of drug-likeness (QED) is 0.0463. The van der Waals surface area contributed by atoms with Gasteiger partial charge in [0.15, 0.2) is 0 Å². The molecular formula is C37H50FN9O16. The summed E-state index contributed by atoms with van der Waals surface area (Å²) >= 11 is 0. The average Bonchev–Trinajstić information content (AvgIpc) is 3.70. The third-order valence-electron chi connectivity index (χ3n) is 8.93. The standard InChI is InChI=1S/C37H50FN9O16/c38-13-5-6-22-19-47(46-45-22)23-17-20(30(52)39-14-3-1-7-24(32(54)55)41-36(62)43-26(34(58)59)9-11-28(48)49)16-21(18-23)31(53)40-15-4-2-8-25(33(56)57)42-37(63)44-27(35(60)61)10-12-29(50)51/h16-19,24-27H,1-15H2,(H,39,52)(H,40,53)(H,48,49)(H,50,51)(H,54,55)(H,56,57)(H,58,59)(H,60,61)(H2,41,43,62)(H2,42,44,63)/t24-,25+,26-,27-/m1/s1. The first-order valence-electron chi connectivity index (χ1n) is 19.5. The van der Waals surface area contributed by atoms with E-state index in [4.69, 9.17) is 10.2 Å². The molecule has 0 fully saturated rings. The van der Waals surface area contributed by atoms with Gasteiger partial charge in [0.1, 0.15) is 24.2 Å². The van der Waals surface area contributed by atoms with Crippen LogP contribution in [0.15, 0.2) is 24.4 Å². The zero-order chi connectivity index (χ0) is 47.1. The largest absolute Gasteiger partial charge is 0.481 e. The lowest BCUT2D eigenvalue weighted by Crippen LogP contribution is -2.51. The van der Waals surface area contributed by atoms with Gasteiger partial charge in [0, 0.05) is 37.1 Å². The molecule has 0 aliphatic rings. The van der Waals surface area contributed by atoms with E-state index in [0.29, 0.717) is 5.69 Å². The number of carboxylic acids is 6. The number of carbonyl (C=O) groups excluding carboxylic acids is 4. The molecular weight excluding hydrogens is 845 g/mol. The van der Waals surface area contributed by atoms with Crippen LogP contribution in [0.5, 0.6) is 0 Å². The van der Waals surface area contributed by atoms with Gasteiger partial charge < -0.3 is 62.5 Å². The Morgan fingerprint density at radius 3 is 1.32 bits per heavy atom. The fourth-order valence-electron chi connectivity index (χ4n) is 5.63. The Kier molecular flexibility index (Phi) is 21.9. The molecule has 4 atom stereocenters. The van der Waals surface area contributed by atoms with Crippen molar-refractivity contribution in [2.75, 3.05) is 19.8 Å². The first-order chi connectivity index (χ1) is 29.8. The molecule has 0 unspecified atom stereocenters. The normalized spacial score (nSPS) is 12.7. The molecule has 1 heterocycles. The maximum atomic E-state index is 13.3. The number of aliphatic carboxylic acids is 6. The molecule has 0 spiro atoms. The van der Waals surface area contributed by atoms with Crippen LogP contribution < -0.4 is 31.9 Å². The average molecular weight is 896 g/mol. The number of alkyl halides is 1. The second kappa shape index (κ2) is 26.7. The van der Waals surface area contributed by atoms with Crippen molar-refractivity contribution in [1.82, 2.24) is 46.9 Å².